The Balaban J connectivity index is 1.91. The van der Waals surface area contributed by atoms with Crippen LogP contribution < -0.4 is 0 Å². The van der Waals surface area contributed by atoms with Gasteiger partial charge in [0.2, 0.25) is 0 Å². The first-order valence-corrected chi connectivity index (χ1v) is 10.0. The molecular formula is C24H22ClN3O2. The van der Waals surface area contributed by atoms with Crippen molar-refractivity contribution in [2.75, 3.05) is 7.11 Å². The summed E-state index contributed by atoms with van der Waals surface area (Å²) >= 11 is 6.90. The minimum atomic E-state index is -0.857. The third-order valence-corrected chi connectivity index (χ3v) is 5.86. The van der Waals surface area contributed by atoms with E-state index in [4.69, 9.17) is 16.3 Å². The Morgan fingerprint density at radius 3 is 2.30 bits per heavy atom. The molecule has 152 valence electrons. The number of carbonyl (C=O) groups excluding carboxylic acids is 1. The van der Waals surface area contributed by atoms with Gasteiger partial charge in [-0.2, -0.15) is 5.10 Å². The van der Waals surface area contributed by atoms with E-state index in [9.17, 15) is 4.79 Å². The lowest BCUT2D eigenvalue weighted by atomic mass is 9.71. The molecule has 2 aromatic carbocycles. The van der Waals surface area contributed by atoms with Crippen LogP contribution in [-0.4, -0.2) is 27.8 Å². The number of pyridine rings is 1. The molecule has 6 heteroatoms. The largest absolute Gasteiger partial charge is 0.469 e. The lowest BCUT2D eigenvalue weighted by Gasteiger charge is -2.33. The predicted octanol–water partition coefficient (Wildman–Crippen LogP) is 5.41. The summed E-state index contributed by atoms with van der Waals surface area (Å²) in [6.07, 6.45) is 3.46. The third-order valence-electron chi connectivity index (χ3n) is 5.44. The minimum Gasteiger partial charge on any atom is -0.469 e. The molecule has 0 fully saturated rings. The zero-order valence-electron chi connectivity index (χ0n) is 17.0. The van der Waals surface area contributed by atoms with Gasteiger partial charge in [0.05, 0.1) is 34.8 Å². The second-order valence-electron chi connectivity index (χ2n) is 7.71. The van der Waals surface area contributed by atoms with Gasteiger partial charge in [0.25, 0.3) is 0 Å². The average Bonchev–Trinajstić information content (AvgIpc) is 3.21. The van der Waals surface area contributed by atoms with Crippen LogP contribution in [-0.2, 0) is 9.53 Å². The lowest BCUT2D eigenvalue weighted by Crippen LogP contribution is -2.33. The normalized spacial score (nSPS) is 12.7. The van der Waals surface area contributed by atoms with Crippen LogP contribution in [0.15, 0.2) is 73.1 Å². The van der Waals surface area contributed by atoms with E-state index in [1.54, 1.807) is 17.1 Å². The van der Waals surface area contributed by atoms with E-state index in [1.807, 2.05) is 74.5 Å². The van der Waals surface area contributed by atoms with Gasteiger partial charge >= 0.3 is 5.97 Å². The van der Waals surface area contributed by atoms with Crippen molar-refractivity contribution in [1.82, 2.24) is 14.8 Å². The van der Waals surface area contributed by atoms with E-state index in [0.717, 1.165) is 22.2 Å². The number of halogens is 1. The lowest BCUT2D eigenvalue weighted by molar-refractivity contribution is -0.151. The smallest absolute Gasteiger partial charge is 0.312 e. The highest BCUT2D eigenvalue weighted by Crippen LogP contribution is 2.45. The number of rotatable bonds is 5. The topological polar surface area (TPSA) is 57.0 Å². The van der Waals surface area contributed by atoms with Gasteiger partial charge in [-0.25, -0.2) is 9.67 Å². The van der Waals surface area contributed by atoms with Gasteiger partial charge in [-0.05, 0) is 37.1 Å². The molecule has 0 aliphatic heterocycles. The van der Waals surface area contributed by atoms with Gasteiger partial charge in [0.1, 0.15) is 0 Å². The molecule has 0 aliphatic rings. The molecule has 1 unspecified atom stereocenters. The summed E-state index contributed by atoms with van der Waals surface area (Å²) in [7, 11) is 1.40. The molecule has 2 aromatic heterocycles. The van der Waals surface area contributed by atoms with Crippen molar-refractivity contribution in [1.29, 1.82) is 0 Å². The zero-order valence-corrected chi connectivity index (χ0v) is 17.8. The first-order valence-electron chi connectivity index (χ1n) is 9.66. The maximum absolute atomic E-state index is 12.7. The van der Waals surface area contributed by atoms with Gasteiger partial charge in [0, 0.05) is 12.1 Å². The Morgan fingerprint density at radius 1 is 1.03 bits per heavy atom. The summed E-state index contributed by atoms with van der Waals surface area (Å²) in [6.45, 7) is 3.73. The van der Waals surface area contributed by atoms with Gasteiger partial charge in [0.15, 0.2) is 5.65 Å². The molecule has 0 saturated heterocycles. The first kappa shape index (κ1) is 20.1. The second kappa shape index (κ2) is 7.92. The van der Waals surface area contributed by atoms with Gasteiger partial charge in [-0.1, -0.05) is 60.1 Å². The standard InChI is InChI=1S/C24H22ClN3O2/c1-24(2,23(29)30-3)20(16-10-6-4-7-11-16)18-14-26-22-19(21(18)25)15-27-28(22)17-12-8-5-9-13-17/h4-15,20H,1-3H3. The summed E-state index contributed by atoms with van der Waals surface area (Å²) in [5, 5.41) is 5.76. The number of hydrogen-bond donors (Lipinski definition) is 0. The number of nitrogens with zero attached hydrogens (tertiary/aromatic N) is 3. The molecule has 0 N–H and O–H groups in total. The van der Waals surface area contributed by atoms with Crippen molar-refractivity contribution in [2.24, 2.45) is 5.41 Å². The molecule has 0 bridgehead atoms. The number of carbonyl (C=O) groups is 1. The fourth-order valence-corrected chi connectivity index (χ4v) is 4.23. The number of hydrogen-bond acceptors (Lipinski definition) is 4. The molecule has 0 aliphatic carbocycles. The molecule has 30 heavy (non-hydrogen) atoms. The predicted molar refractivity (Wildman–Crippen MR) is 118 cm³/mol. The molecule has 2 heterocycles. The van der Waals surface area contributed by atoms with Crippen LogP contribution in [0, 0.1) is 5.41 Å². The van der Waals surface area contributed by atoms with Crippen LogP contribution in [0.3, 0.4) is 0 Å². The van der Waals surface area contributed by atoms with Crippen LogP contribution >= 0.6 is 11.6 Å². The highest BCUT2D eigenvalue weighted by molar-refractivity contribution is 6.36. The van der Waals surface area contributed by atoms with Gasteiger partial charge in [-0.15, -0.1) is 0 Å². The zero-order chi connectivity index (χ0) is 21.3. The monoisotopic (exact) mass is 419 g/mol. The number of fused-ring (bicyclic) bond motifs is 1. The number of esters is 1. The van der Waals surface area contributed by atoms with E-state index in [1.165, 1.54) is 7.11 Å². The van der Waals surface area contributed by atoms with E-state index in [2.05, 4.69) is 10.1 Å². The molecule has 0 amide bonds. The fraction of sp³-hybridized carbons (Fsp3) is 0.208. The summed E-state index contributed by atoms with van der Waals surface area (Å²) < 4.78 is 6.87. The first-order chi connectivity index (χ1) is 14.4. The summed E-state index contributed by atoms with van der Waals surface area (Å²) in [5.74, 6) is -0.650. The molecule has 0 spiro atoms. The van der Waals surface area contributed by atoms with Crippen LogP contribution in [0.5, 0.6) is 0 Å². The molecular weight excluding hydrogens is 398 g/mol. The molecule has 4 aromatic rings. The maximum Gasteiger partial charge on any atom is 0.312 e. The molecule has 0 saturated carbocycles. The number of aromatic nitrogens is 3. The van der Waals surface area contributed by atoms with Gasteiger partial charge in [-0.3, -0.25) is 4.79 Å². The summed E-state index contributed by atoms with van der Waals surface area (Å²) in [6, 6.07) is 19.6. The quantitative estimate of drug-likeness (QED) is 0.406. The highest BCUT2D eigenvalue weighted by Gasteiger charge is 2.41. The fourth-order valence-electron chi connectivity index (χ4n) is 3.93. The van der Waals surface area contributed by atoms with Crippen LogP contribution in [0.4, 0.5) is 0 Å². The van der Waals surface area contributed by atoms with E-state index in [0.29, 0.717) is 10.7 Å². The van der Waals surface area contributed by atoms with Crippen molar-refractivity contribution in [3.05, 3.63) is 89.2 Å². The number of para-hydroxylation sites is 1. The van der Waals surface area contributed by atoms with Crippen molar-refractivity contribution >= 4 is 28.6 Å². The summed E-state index contributed by atoms with van der Waals surface area (Å²) in [4.78, 5) is 17.4. The third kappa shape index (κ3) is 3.35. The Hall–Kier alpha value is -3.18. The van der Waals surface area contributed by atoms with E-state index >= 15 is 0 Å². The van der Waals surface area contributed by atoms with Crippen molar-refractivity contribution in [2.45, 2.75) is 19.8 Å². The number of methoxy groups -OCH3 is 1. The van der Waals surface area contributed by atoms with Crippen molar-refractivity contribution < 1.29 is 9.53 Å². The minimum absolute atomic E-state index is 0.313. The highest BCUT2D eigenvalue weighted by atomic mass is 35.5. The van der Waals surface area contributed by atoms with Crippen LogP contribution in [0.25, 0.3) is 16.7 Å². The number of ether oxygens (including phenoxy) is 1. The second-order valence-corrected chi connectivity index (χ2v) is 8.09. The van der Waals surface area contributed by atoms with Crippen LogP contribution in [0.2, 0.25) is 5.02 Å². The Bertz CT molecular complexity index is 1190. The Kier molecular flexibility index (Phi) is 5.31. The Morgan fingerprint density at radius 2 is 1.67 bits per heavy atom. The van der Waals surface area contributed by atoms with Crippen LogP contribution in [0.1, 0.15) is 30.9 Å². The molecule has 4 rings (SSSR count). The SMILES string of the molecule is COC(=O)C(C)(C)C(c1ccccc1)c1cnc2c(cnn2-c2ccccc2)c1Cl. The Labute approximate surface area is 180 Å². The van der Waals surface area contributed by atoms with Gasteiger partial charge < -0.3 is 4.74 Å². The summed E-state index contributed by atoms with van der Waals surface area (Å²) in [5.41, 5.74) is 2.44. The van der Waals surface area contributed by atoms with E-state index < -0.39 is 5.41 Å². The van der Waals surface area contributed by atoms with Crippen molar-refractivity contribution in [3.63, 3.8) is 0 Å². The van der Waals surface area contributed by atoms with Crippen molar-refractivity contribution in [3.8, 4) is 5.69 Å². The van der Waals surface area contributed by atoms with E-state index in [-0.39, 0.29) is 11.9 Å². The maximum atomic E-state index is 12.7. The molecule has 5 nitrogen and oxygen atoms in total. The molecule has 1 atom stereocenters. The molecule has 0 radical (unpaired) electrons. The number of benzene rings is 2. The average molecular weight is 420 g/mol.